The molecule has 0 saturated heterocycles. The SMILES string of the molecule is CC(C)NC(N)=NCCCC(=O)Nc1ccc(Cl)cc1. The molecule has 0 aromatic heterocycles. The first-order valence-electron chi connectivity index (χ1n) is 6.59. The molecule has 1 amide bonds. The summed E-state index contributed by atoms with van der Waals surface area (Å²) in [5, 5.41) is 6.43. The van der Waals surface area contributed by atoms with E-state index in [0.717, 1.165) is 5.69 Å². The summed E-state index contributed by atoms with van der Waals surface area (Å²) in [5.74, 6) is 0.371. The number of nitrogens with two attached hydrogens (primary N) is 1. The maximum Gasteiger partial charge on any atom is 0.224 e. The van der Waals surface area contributed by atoms with Gasteiger partial charge in [-0.3, -0.25) is 9.79 Å². The first-order chi connectivity index (χ1) is 9.47. The van der Waals surface area contributed by atoms with E-state index in [0.29, 0.717) is 30.4 Å². The Morgan fingerprint density at radius 1 is 1.35 bits per heavy atom. The monoisotopic (exact) mass is 296 g/mol. The van der Waals surface area contributed by atoms with Gasteiger partial charge in [-0.05, 0) is 44.5 Å². The second-order valence-corrected chi connectivity index (χ2v) is 5.16. The van der Waals surface area contributed by atoms with Crippen LogP contribution < -0.4 is 16.4 Å². The number of guanidine groups is 1. The van der Waals surface area contributed by atoms with Gasteiger partial charge in [-0.2, -0.15) is 0 Å². The van der Waals surface area contributed by atoms with Crippen LogP contribution in [0.3, 0.4) is 0 Å². The molecule has 0 radical (unpaired) electrons. The van der Waals surface area contributed by atoms with Crippen molar-refractivity contribution >= 4 is 29.2 Å². The van der Waals surface area contributed by atoms with E-state index in [9.17, 15) is 4.79 Å². The van der Waals surface area contributed by atoms with Crippen LogP contribution in [0.2, 0.25) is 5.02 Å². The number of carbonyl (C=O) groups is 1. The van der Waals surface area contributed by atoms with Crippen molar-refractivity contribution in [3.05, 3.63) is 29.3 Å². The van der Waals surface area contributed by atoms with Gasteiger partial charge in [0.1, 0.15) is 0 Å². The van der Waals surface area contributed by atoms with Crippen LogP contribution in [0.25, 0.3) is 0 Å². The summed E-state index contributed by atoms with van der Waals surface area (Å²) < 4.78 is 0. The van der Waals surface area contributed by atoms with Crippen molar-refractivity contribution in [3.8, 4) is 0 Å². The molecule has 5 nitrogen and oxygen atoms in total. The van der Waals surface area contributed by atoms with E-state index in [2.05, 4.69) is 15.6 Å². The largest absolute Gasteiger partial charge is 0.370 e. The molecule has 0 fully saturated rings. The molecular weight excluding hydrogens is 276 g/mol. The summed E-state index contributed by atoms with van der Waals surface area (Å²) >= 11 is 5.77. The highest BCUT2D eigenvalue weighted by atomic mass is 35.5. The van der Waals surface area contributed by atoms with Crippen LogP contribution in [-0.2, 0) is 4.79 Å². The molecule has 0 aliphatic carbocycles. The molecule has 0 aliphatic rings. The Bertz CT molecular complexity index is 457. The lowest BCUT2D eigenvalue weighted by Gasteiger charge is -2.08. The summed E-state index contributed by atoms with van der Waals surface area (Å²) in [5.41, 5.74) is 6.39. The zero-order valence-corrected chi connectivity index (χ0v) is 12.6. The van der Waals surface area contributed by atoms with Crippen molar-refractivity contribution in [1.29, 1.82) is 0 Å². The minimum absolute atomic E-state index is 0.0436. The topological polar surface area (TPSA) is 79.5 Å². The van der Waals surface area contributed by atoms with Crippen LogP contribution in [0.4, 0.5) is 5.69 Å². The molecule has 110 valence electrons. The smallest absolute Gasteiger partial charge is 0.224 e. The van der Waals surface area contributed by atoms with Gasteiger partial charge in [-0.15, -0.1) is 0 Å². The summed E-state index contributed by atoms with van der Waals surface area (Å²) in [7, 11) is 0. The highest BCUT2D eigenvalue weighted by molar-refractivity contribution is 6.30. The number of halogens is 1. The van der Waals surface area contributed by atoms with Crippen molar-refractivity contribution < 1.29 is 4.79 Å². The minimum Gasteiger partial charge on any atom is -0.370 e. The Hall–Kier alpha value is -1.75. The second-order valence-electron chi connectivity index (χ2n) is 4.72. The number of hydrogen-bond donors (Lipinski definition) is 3. The highest BCUT2D eigenvalue weighted by Crippen LogP contribution is 2.13. The lowest BCUT2D eigenvalue weighted by molar-refractivity contribution is -0.116. The molecule has 0 unspecified atom stereocenters. The quantitative estimate of drug-likeness (QED) is 0.428. The molecule has 1 rings (SSSR count). The molecule has 20 heavy (non-hydrogen) atoms. The number of rotatable bonds is 6. The summed E-state index contributed by atoms with van der Waals surface area (Å²) in [6.45, 7) is 4.50. The zero-order chi connectivity index (χ0) is 15.0. The van der Waals surface area contributed by atoms with Gasteiger partial charge in [0, 0.05) is 29.7 Å². The van der Waals surface area contributed by atoms with Crippen molar-refractivity contribution in [2.24, 2.45) is 10.7 Å². The van der Waals surface area contributed by atoms with Crippen molar-refractivity contribution in [2.75, 3.05) is 11.9 Å². The molecule has 0 atom stereocenters. The molecule has 0 aliphatic heterocycles. The number of nitrogens with zero attached hydrogens (tertiary/aromatic N) is 1. The van der Waals surface area contributed by atoms with Crippen molar-refractivity contribution in [1.82, 2.24) is 5.32 Å². The lowest BCUT2D eigenvalue weighted by Crippen LogP contribution is -2.36. The fraction of sp³-hybridized carbons (Fsp3) is 0.429. The van der Waals surface area contributed by atoms with E-state index in [1.807, 2.05) is 13.8 Å². The molecule has 6 heteroatoms. The van der Waals surface area contributed by atoms with Crippen LogP contribution >= 0.6 is 11.6 Å². The fourth-order valence-electron chi connectivity index (χ4n) is 1.54. The third-order valence-electron chi connectivity index (χ3n) is 2.41. The van der Waals surface area contributed by atoms with Gasteiger partial charge in [0.25, 0.3) is 0 Å². The Morgan fingerprint density at radius 3 is 2.60 bits per heavy atom. The molecule has 1 aromatic rings. The number of amides is 1. The van der Waals surface area contributed by atoms with E-state index >= 15 is 0 Å². The standard InChI is InChI=1S/C14H21ClN4O/c1-10(2)18-14(16)17-9-3-4-13(20)19-12-7-5-11(15)6-8-12/h5-8,10H,3-4,9H2,1-2H3,(H,19,20)(H3,16,17,18). The summed E-state index contributed by atoms with van der Waals surface area (Å²) in [6, 6.07) is 7.26. The van der Waals surface area contributed by atoms with E-state index in [1.54, 1.807) is 24.3 Å². The van der Waals surface area contributed by atoms with E-state index in [4.69, 9.17) is 17.3 Å². The number of benzene rings is 1. The van der Waals surface area contributed by atoms with Gasteiger partial charge in [-0.1, -0.05) is 11.6 Å². The molecule has 4 N–H and O–H groups in total. The van der Waals surface area contributed by atoms with Crippen LogP contribution in [-0.4, -0.2) is 24.5 Å². The average Bonchev–Trinajstić information content (AvgIpc) is 2.37. The number of carbonyl (C=O) groups excluding carboxylic acids is 1. The predicted octanol–water partition coefficient (Wildman–Crippen LogP) is 2.37. The third kappa shape index (κ3) is 6.99. The van der Waals surface area contributed by atoms with Crippen LogP contribution in [0.1, 0.15) is 26.7 Å². The van der Waals surface area contributed by atoms with Gasteiger partial charge in [0.15, 0.2) is 5.96 Å². The first-order valence-corrected chi connectivity index (χ1v) is 6.97. The molecular formula is C14H21ClN4O. The van der Waals surface area contributed by atoms with Gasteiger partial charge < -0.3 is 16.4 Å². The molecule has 0 heterocycles. The van der Waals surface area contributed by atoms with Crippen LogP contribution in [0.5, 0.6) is 0 Å². The minimum atomic E-state index is -0.0436. The van der Waals surface area contributed by atoms with Gasteiger partial charge in [0.05, 0.1) is 0 Å². The molecule has 0 spiro atoms. The Kier molecular flexibility index (Phi) is 6.87. The number of hydrogen-bond acceptors (Lipinski definition) is 2. The maximum atomic E-state index is 11.7. The van der Waals surface area contributed by atoms with Crippen molar-refractivity contribution in [3.63, 3.8) is 0 Å². The molecule has 1 aromatic carbocycles. The second kappa shape index (κ2) is 8.43. The maximum absolute atomic E-state index is 11.7. The third-order valence-corrected chi connectivity index (χ3v) is 2.66. The molecule has 0 bridgehead atoms. The summed E-state index contributed by atoms with van der Waals surface area (Å²) in [4.78, 5) is 15.8. The number of anilines is 1. The fourth-order valence-corrected chi connectivity index (χ4v) is 1.66. The van der Waals surface area contributed by atoms with E-state index in [-0.39, 0.29) is 11.9 Å². The summed E-state index contributed by atoms with van der Waals surface area (Å²) in [6.07, 6.45) is 1.06. The van der Waals surface area contributed by atoms with Gasteiger partial charge >= 0.3 is 0 Å². The van der Waals surface area contributed by atoms with Gasteiger partial charge in [-0.25, -0.2) is 0 Å². The van der Waals surface area contributed by atoms with Gasteiger partial charge in [0.2, 0.25) is 5.91 Å². The Balaban J connectivity index is 2.25. The zero-order valence-electron chi connectivity index (χ0n) is 11.8. The first kappa shape index (κ1) is 16.3. The van der Waals surface area contributed by atoms with E-state index < -0.39 is 0 Å². The van der Waals surface area contributed by atoms with E-state index in [1.165, 1.54) is 0 Å². The predicted molar refractivity (Wildman–Crippen MR) is 84.1 cm³/mol. The Morgan fingerprint density at radius 2 is 2.00 bits per heavy atom. The lowest BCUT2D eigenvalue weighted by atomic mass is 10.2. The van der Waals surface area contributed by atoms with Crippen molar-refractivity contribution in [2.45, 2.75) is 32.7 Å². The number of nitrogens with one attached hydrogen (secondary N) is 2. The Labute approximate surface area is 124 Å². The highest BCUT2D eigenvalue weighted by Gasteiger charge is 2.02. The van der Waals surface area contributed by atoms with Crippen LogP contribution in [0.15, 0.2) is 29.3 Å². The number of aliphatic imine (C=N–C) groups is 1. The normalized spacial score (nSPS) is 11.5. The average molecular weight is 297 g/mol. The van der Waals surface area contributed by atoms with Crippen LogP contribution in [0, 0.1) is 0 Å². The molecule has 0 saturated carbocycles.